The van der Waals surface area contributed by atoms with Crippen LogP contribution in [-0.4, -0.2) is 17.5 Å². The second-order valence-electron chi connectivity index (χ2n) is 2.21. The molecule has 0 heterocycles. The molecule has 0 saturated heterocycles. The molecule has 0 aliphatic heterocycles. The van der Waals surface area contributed by atoms with Gasteiger partial charge in [-0.15, -0.1) is 0 Å². The summed E-state index contributed by atoms with van der Waals surface area (Å²) >= 11 is 2.04. The van der Waals surface area contributed by atoms with E-state index in [1.807, 2.05) is 11.8 Å². The van der Waals surface area contributed by atoms with E-state index in [1.54, 1.807) is 0 Å². The Morgan fingerprint density at radius 1 is 1.50 bits per heavy atom. The molecule has 0 aromatic heterocycles. The van der Waals surface area contributed by atoms with Crippen molar-refractivity contribution in [2.75, 3.05) is 12.3 Å². The molecule has 2 N–H and O–H groups in total. The third kappa shape index (κ3) is 1.67. The van der Waals surface area contributed by atoms with Gasteiger partial charge in [-0.3, -0.25) is 0 Å². The van der Waals surface area contributed by atoms with Gasteiger partial charge in [0.05, 0.1) is 0 Å². The maximum absolute atomic E-state index is 5.33. The van der Waals surface area contributed by atoms with Crippen LogP contribution in [0, 0.1) is 0 Å². The van der Waals surface area contributed by atoms with Crippen molar-refractivity contribution in [2.24, 2.45) is 5.73 Å². The van der Waals surface area contributed by atoms with Gasteiger partial charge < -0.3 is 5.73 Å². The van der Waals surface area contributed by atoms with Crippen LogP contribution in [-0.2, 0) is 0 Å². The summed E-state index contributed by atoms with van der Waals surface area (Å²) in [7, 11) is 0. The van der Waals surface area contributed by atoms with E-state index in [0.717, 1.165) is 17.5 Å². The predicted molar refractivity (Wildman–Crippen MR) is 39.2 cm³/mol. The summed E-state index contributed by atoms with van der Waals surface area (Å²) in [4.78, 5) is 0. The fourth-order valence-electron chi connectivity index (χ4n) is 0.772. The number of thioether (sulfide) groups is 1. The molecule has 1 nitrogen and oxygen atoms in total. The minimum atomic E-state index is 0.848. The van der Waals surface area contributed by atoms with Crippen LogP contribution in [0.2, 0.25) is 0 Å². The monoisotopic (exact) mass is 131 g/mol. The van der Waals surface area contributed by atoms with E-state index in [2.05, 4.69) is 0 Å². The Bertz CT molecular complexity index is 61.5. The molecule has 1 fully saturated rings. The van der Waals surface area contributed by atoms with Crippen LogP contribution in [0.15, 0.2) is 0 Å². The van der Waals surface area contributed by atoms with Crippen LogP contribution in [0.4, 0.5) is 0 Å². The first-order valence-electron chi connectivity index (χ1n) is 3.25. The Morgan fingerprint density at radius 3 is 2.62 bits per heavy atom. The third-order valence-corrected chi connectivity index (χ3v) is 2.94. The molecule has 8 heavy (non-hydrogen) atoms. The molecule has 1 saturated carbocycles. The Labute approximate surface area is 55.0 Å². The summed E-state index contributed by atoms with van der Waals surface area (Å²) in [6.07, 6.45) is 4.32. The molecule has 0 radical (unpaired) electrons. The van der Waals surface area contributed by atoms with Gasteiger partial charge in [-0.05, 0) is 12.8 Å². The first kappa shape index (κ1) is 6.43. The van der Waals surface area contributed by atoms with E-state index >= 15 is 0 Å². The number of hydrogen-bond acceptors (Lipinski definition) is 2. The zero-order valence-corrected chi connectivity index (χ0v) is 5.91. The van der Waals surface area contributed by atoms with E-state index in [4.69, 9.17) is 5.73 Å². The van der Waals surface area contributed by atoms with E-state index in [-0.39, 0.29) is 0 Å². The molecule has 2 heteroatoms. The molecule has 0 amide bonds. The second-order valence-corrected chi connectivity index (χ2v) is 3.62. The lowest BCUT2D eigenvalue weighted by Gasteiger charge is -2.23. The molecule has 0 unspecified atom stereocenters. The Morgan fingerprint density at radius 2 is 2.25 bits per heavy atom. The molecule has 1 aliphatic rings. The Balaban J connectivity index is 1.86. The molecule has 0 atom stereocenters. The van der Waals surface area contributed by atoms with Gasteiger partial charge in [0.25, 0.3) is 0 Å². The fraction of sp³-hybridized carbons (Fsp3) is 1.00. The van der Waals surface area contributed by atoms with Crippen molar-refractivity contribution in [3.8, 4) is 0 Å². The zero-order chi connectivity index (χ0) is 5.82. The van der Waals surface area contributed by atoms with Crippen LogP contribution in [0.1, 0.15) is 19.3 Å². The maximum Gasteiger partial charge on any atom is 0.00586 e. The van der Waals surface area contributed by atoms with Crippen molar-refractivity contribution in [3.05, 3.63) is 0 Å². The van der Waals surface area contributed by atoms with Crippen molar-refractivity contribution < 1.29 is 0 Å². The predicted octanol–water partition coefficient (Wildman–Crippen LogP) is 1.23. The summed E-state index contributed by atoms with van der Waals surface area (Å²) in [6, 6.07) is 0. The highest BCUT2D eigenvalue weighted by molar-refractivity contribution is 7.99. The van der Waals surface area contributed by atoms with Crippen LogP contribution < -0.4 is 5.73 Å². The van der Waals surface area contributed by atoms with Gasteiger partial charge in [0.2, 0.25) is 0 Å². The zero-order valence-electron chi connectivity index (χ0n) is 5.10. The standard InChI is InChI=1S/C6H13NS/c7-4-5-8-6-2-1-3-6/h6H,1-5,7H2. The largest absolute Gasteiger partial charge is 0.330 e. The van der Waals surface area contributed by atoms with Gasteiger partial charge in [0, 0.05) is 17.5 Å². The number of hydrogen-bond donors (Lipinski definition) is 1. The number of rotatable bonds is 3. The van der Waals surface area contributed by atoms with Gasteiger partial charge in [-0.25, -0.2) is 0 Å². The topological polar surface area (TPSA) is 26.0 Å². The summed E-state index contributed by atoms with van der Waals surface area (Å²) in [6.45, 7) is 0.848. The normalized spacial score (nSPS) is 20.6. The van der Waals surface area contributed by atoms with E-state index < -0.39 is 0 Å². The first-order valence-corrected chi connectivity index (χ1v) is 4.30. The number of nitrogens with two attached hydrogens (primary N) is 1. The molecule has 1 rings (SSSR count). The minimum absolute atomic E-state index is 0.848. The van der Waals surface area contributed by atoms with Crippen molar-refractivity contribution in [2.45, 2.75) is 24.5 Å². The van der Waals surface area contributed by atoms with Crippen LogP contribution in [0.5, 0.6) is 0 Å². The van der Waals surface area contributed by atoms with Crippen molar-refractivity contribution in [1.29, 1.82) is 0 Å². The van der Waals surface area contributed by atoms with Crippen molar-refractivity contribution in [3.63, 3.8) is 0 Å². The average Bonchev–Trinajstić information content (AvgIpc) is 1.63. The van der Waals surface area contributed by atoms with Gasteiger partial charge >= 0.3 is 0 Å². The Kier molecular flexibility index (Phi) is 2.70. The van der Waals surface area contributed by atoms with Crippen LogP contribution in [0.3, 0.4) is 0 Å². The Hall–Kier alpha value is 0.310. The maximum atomic E-state index is 5.33. The molecular weight excluding hydrogens is 118 g/mol. The lowest BCUT2D eigenvalue weighted by molar-refractivity contribution is 0.522. The molecular formula is C6H13NS. The molecule has 1 aliphatic carbocycles. The van der Waals surface area contributed by atoms with Gasteiger partial charge in [0.15, 0.2) is 0 Å². The summed E-state index contributed by atoms with van der Waals surface area (Å²) in [5.74, 6) is 1.16. The fourth-order valence-corrected chi connectivity index (χ4v) is 1.91. The molecule has 0 spiro atoms. The van der Waals surface area contributed by atoms with Crippen molar-refractivity contribution in [1.82, 2.24) is 0 Å². The highest BCUT2D eigenvalue weighted by Gasteiger charge is 2.16. The quantitative estimate of drug-likeness (QED) is 0.623. The van der Waals surface area contributed by atoms with Gasteiger partial charge in [-0.1, -0.05) is 6.42 Å². The van der Waals surface area contributed by atoms with Crippen molar-refractivity contribution >= 4 is 11.8 Å². The molecule has 48 valence electrons. The average molecular weight is 131 g/mol. The van der Waals surface area contributed by atoms with E-state index in [9.17, 15) is 0 Å². The highest BCUT2D eigenvalue weighted by Crippen LogP contribution is 2.30. The summed E-state index contributed by atoms with van der Waals surface area (Å²) in [5, 5.41) is 0.971. The van der Waals surface area contributed by atoms with Crippen LogP contribution in [0.25, 0.3) is 0 Å². The summed E-state index contributed by atoms with van der Waals surface area (Å²) < 4.78 is 0. The minimum Gasteiger partial charge on any atom is -0.330 e. The summed E-state index contributed by atoms with van der Waals surface area (Å²) in [5.41, 5.74) is 5.33. The van der Waals surface area contributed by atoms with Crippen LogP contribution >= 0.6 is 11.8 Å². The third-order valence-electron chi connectivity index (χ3n) is 1.52. The lowest BCUT2D eigenvalue weighted by atomic mass is 10.0. The van der Waals surface area contributed by atoms with E-state index in [1.165, 1.54) is 19.3 Å². The molecule has 0 bridgehead atoms. The van der Waals surface area contributed by atoms with Gasteiger partial charge in [-0.2, -0.15) is 11.8 Å². The molecule has 0 aromatic carbocycles. The highest BCUT2D eigenvalue weighted by atomic mass is 32.2. The SMILES string of the molecule is NCCSC1CCC1. The van der Waals surface area contributed by atoms with E-state index in [0.29, 0.717) is 0 Å². The lowest BCUT2D eigenvalue weighted by Crippen LogP contribution is -2.15. The second kappa shape index (κ2) is 3.36. The smallest absolute Gasteiger partial charge is 0.00586 e. The van der Waals surface area contributed by atoms with Gasteiger partial charge in [0.1, 0.15) is 0 Å². The molecule has 0 aromatic rings. The first-order chi connectivity index (χ1) is 3.93.